The highest BCUT2D eigenvalue weighted by Crippen LogP contribution is 2.18. The van der Waals surface area contributed by atoms with E-state index in [0.717, 1.165) is 31.9 Å². The number of nitrogens with one attached hydrogen (secondary N) is 2. The number of hydrogen-bond acceptors (Lipinski definition) is 3. The fourth-order valence-electron chi connectivity index (χ4n) is 2.39. The maximum atomic E-state index is 5.76. The molecular formula is C16H26N2O. The van der Waals surface area contributed by atoms with Crippen molar-refractivity contribution in [1.29, 1.82) is 0 Å². The van der Waals surface area contributed by atoms with E-state index >= 15 is 0 Å². The standard InChI is InChI=1S/C16H26N2O/c1-2-3-4-5-6-13-19-15-9-7-14(8-10-15)16-17-11-12-18-16/h7-10,16-18H,2-6,11-13H2,1H3. The molecular weight excluding hydrogens is 236 g/mol. The monoisotopic (exact) mass is 262 g/mol. The Hall–Kier alpha value is -1.06. The molecule has 1 aromatic carbocycles. The lowest BCUT2D eigenvalue weighted by atomic mass is 10.1. The smallest absolute Gasteiger partial charge is 0.119 e. The van der Waals surface area contributed by atoms with Crippen LogP contribution < -0.4 is 15.4 Å². The van der Waals surface area contributed by atoms with Crippen molar-refractivity contribution in [2.75, 3.05) is 19.7 Å². The number of hydrogen-bond donors (Lipinski definition) is 2. The van der Waals surface area contributed by atoms with Gasteiger partial charge >= 0.3 is 0 Å². The van der Waals surface area contributed by atoms with Crippen LogP contribution in [0.1, 0.15) is 50.8 Å². The molecule has 0 aliphatic carbocycles. The normalized spacial score (nSPS) is 15.8. The first-order chi connectivity index (χ1) is 9.40. The van der Waals surface area contributed by atoms with E-state index in [0.29, 0.717) is 6.17 Å². The fourth-order valence-corrected chi connectivity index (χ4v) is 2.39. The van der Waals surface area contributed by atoms with E-state index < -0.39 is 0 Å². The summed E-state index contributed by atoms with van der Waals surface area (Å²) in [5, 5.41) is 6.82. The number of benzene rings is 1. The third-order valence-electron chi connectivity index (χ3n) is 3.55. The number of rotatable bonds is 8. The molecule has 106 valence electrons. The van der Waals surface area contributed by atoms with Gasteiger partial charge in [-0.15, -0.1) is 0 Å². The lowest BCUT2D eigenvalue weighted by Gasteiger charge is -2.12. The molecule has 1 heterocycles. The molecule has 1 aromatic rings. The summed E-state index contributed by atoms with van der Waals surface area (Å²) in [6.45, 7) is 5.16. The van der Waals surface area contributed by atoms with Crippen LogP contribution in [0.25, 0.3) is 0 Å². The van der Waals surface area contributed by atoms with Crippen molar-refractivity contribution in [3.8, 4) is 5.75 Å². The third-order valence-corrected chi connectivity index (χ3v) is 3.55. The van der Waals surface area contributed by atoms with Crippen molar-refractivity contribution in [2.45, 2.75) is 45.2 Å². The molecule has 1 aliphatic rings. The van der Waals surface area contributed by atoms with Crippen molar-refractivity contribution in [2.24, 2.45) is 0 Å². The molecule has 0 radical (unpaired) electrons. The average molecular weight is 262 g/mol. The van der Waals surface area contributed by atoms with E-state index in [1.54, 1.807) is 0 Å². The second kappa shape index (κ2) is 8.18. The summed E-state index contributed by atoms with van der Waals surface area (Å²) in [5.74, 6) is 0.984. The van der Waals surface area contributed by atoms with Gasteiger partial charge in [0.15, 0.2) is 0 Å². The van der Waals surface area contributed by atoms with Gasteiger partial charge in [0, 0.05) is 13.1 Å². The Morgan fingerprint density at radius 1 is 1.00 bits per heavy atom. The van der Waals surface area contributed by atoms with E-state index in [1.165, 1.54) is 31.2 Å². The first kappa shape index (κ1) is 14.4. The molecule has 1 aliphatic heterocycles. The van der Waals surface area contributed by atoms with Crippen LogP contribution in [0, 0.1) is 0 Å². The highest BCUT2D eigenvalue weighted by molar-refractivity contribution is 5.29. The lowest BCUT2D eigenvalue weighted by Crippen LogP contribution is -2.20. The Morgan fingerprint density at radius 3 is 2.37 bits per heavy atom. The molecule has 2 rings (SSSR count). The zero-order chi connectivity index (χ0) is 13.3. The van der Waals surface area contributed by atoms with Gasteiger partial charge in [-0.05, 0) is 24.1 Å². The first-order valence-electron chi connectivity index (χ1n) is 7.59. The van der Waals surface area contributed by atoms with Crippen molar-refractivity contribution >= 4 is 0 Å². The summed E-state index contributed by atoms with van der Waals surface area (Å²) in [6, 6.07) is 8.43. The molecule has 3 nitrogen and oxygen atoms in total. The SMILES string of the molecule is CCCCCCCOc1ccc(C2NCCN2)cc1. The Balaban J connectivity index is 1.67. The molecule has 0 aromatic heterocycles. The van der Waals surface area contributed by atoms with Crippen LogP contribution in [0.15, 0.2) is 24.3 Å². The molecule has 3 heteroatoms. The Bertz CT molecular complexity index is 344. The summed E-state index contributed by atoms with van der Waals surface area (Å²) in [4.78, 5) is 0. The summed E-state index contributed by atoms with van der Waals surface area (Å²) >= 11 is 0. The molecule has 0 saturated carbocycles. The van der Waals surface area contributed by atoms with Crippen LogP contribution >= 0.6 is 0 Å². The highest BCUT2D eigenvalue weighted by atomic mass is 16.5. The highest BCUT2D eigenvalue weighted by Gasteiger charge is 2.14. The summed E-state index contributed by atoms with van der Waals surface area (Å²) in [5.41, 5.74) is 1.28. The van der Waals surface area contributed by atoms with Crippen LogP contribution in [0.4, 0.5) is 0 Å². The van der Waals surface area contributed by atoms with Gasteiger partial charge in [-0.1, -0.05) is 44.7 Å². The Labute approximate surface area is 116 Å². The zero-order valence-corrected chi connectivity index (χ0v) is 12.0. The van der Waals surface area contributed by atoms with E-state index in [4.69, 9.17) is 4.74 Å². The topological polar surface area (TPSA) is 33.3 Å². The van der Waals surface area contributed by atoms with E-state index in [2.05, 4.69) is 41.8 Å². The maximum Gasteiger partial charge on any atom is 0.119 e. The molecule has 0 atom stereocenters. The van der Waals surface area contributed by atoms with Crippen molar-refractivity contribution in [1.82, 2.24) is 10.6 Å². The van der Waals surface area contributed by atoms with E-state index in [1.807, 2.05) is 0 Å². The average Bonchev–Trinajstić information content (AvgIpc) is 2.97. The van der Waals surface area contributed by atoms with Gasteiger partial charge in [0.25, 0.3) is 0 Å². The molecule has 2 N–H and O–H groups in total. The van der Waals surface area contributed by atoms with Crippen LogP contribution in [-0.2, 0) is 0 Å². The van der Waals surface area contributed by atoms with Gasteiger partial charge in [0.05, 0.1) is 12.8 Å². The summed E-state index contributed by atoms with van der Waals surface area (Å²) in [7, 11) is 0. The van der Waals surface area contributed by atoms with Crippen molar-refractivity contribution < 1.29 is 4.74 Å². The van der Waals surface area contributed by atoms with Crippen LogP contribution in [0.5, 0.6) is 5.75 Å². The lowest BCUT2D eigenvalue weighted by molar-refractivity contribution is 0.304. The molecule has 19 heavy (non-hydrogen) atoms. The van der Waals surface area contributed by atoms with Gasteiger partial charge in [0.1, 0.15) is 5.75 Å². The quantitative estimate of drug-likeness (QED) is 0.706. The third kappa shape index (κ3) is 4.84. The second-order valence-corrected chi connectivity index (χ2v) is 5.17. The second-order valence-electron chi connectivity index (χ2n) is 5.17. The van der Waals surface area contributed by atoms with Crippen molar-refractivity contribution in [3.05, 3.63) is 29.8 Å². The molecule has 0 spiro atoms. The molecule has 0 unspecified atom stereocenters. The fraction of sp³-hybridized carbons (Fsp3) is 0.625. The minimum atomic E-state index is 0.308. The maximum absolute atomic E-state index is 5.76. The molecule has 0 bridgehead atoms. The predicted octanol–water partition coefficient (Wildman–Crippen LogP) is 3.23. The predicted molar refractivity (Wildman–Crippen MR) is 79.4 cm³/mol. The summed E-state index contributed by atoms with van der Waals surface area (Å²) in [6.07, 6.45) is 6.72. The number of ether oxygens (including phenoxy) is 1. The number of unbranched alkanes of at least 4 members (excludes halogenated alkanes) is 4. The van der Waals surface area contributed by atoms with Crippen molar-refractivity contribution in [3.63, 3.8) is 0 Å². The van der Waals surface area contributed by atoms with Crippen LogP contribution in [-0.4, -0.2) is 19.7 Å². The summed E-state index contributed by atoms with van der Waals surface area (Å²) < 4.78 is 5.76. The van der Waals surface area contributed by atoms with Crippen LogP contribution in [0.3, 0.4) is 0 Å². The zero-order valence-electron chi connectivity index (χ0n) is 12.0. The molecule has 1 fully saturated rings. The van der Waals surface area contributed by atoms with Gasteiger partial charge < -0.3 is 4.74 Å². The van der Waals surface area contributed by atoms with Gasteiger partial charge in [-0.3, -0.25) is 10.6 Å². The van der Waals surface area contributed by atoms with Gasteiger partial charge in [-0.25, -0.2) is 0 Å². The Morgan fingerprint density at radius 2 is 1.68 bits per heavy atom. The first-order valence-corrected chi connectivity index (χ1v) is 7.59. The van der Waals surface area contributed by atoms with E-state index in [9.17, 15) is 0 Å². The molecule has 1 saturated heterocycles. The van der Waals surface area contributed by atoms with Crippen LogP contribution in [0.2, 0.25) is 0 Å². The minimum Gasteiger partial charge on any atom is -0.494 e. The van der Waals surface area contributed by atoms with E-state index in [-0.39, 0.29) is 0 Å². The minimum absolute atomic E-state index is 0.308. The largest absolute Gasteiger partial charge is 0.494 e. The molecule has 0 amide bonds. The Kier molecular flexibility index (Phi) is 6.18. The van der Waals surface area contributed by atoms with Gasteiger partial charge in [-0.2, -0.15) is 0 Å². The van der Waals surface area contributed by atoms with Gasteiger partial charge in [0.2, 0.25) is 0 Å².